The summed E-state index contributed by atoms with van der Waals surface area (Å²) in [5, 5.41) is 23.9. The molecule has 3 N–H and O–H groups in total. The predicted molar refractivity (Wildman–Crippen MR) is 142 cm³/mol. The second kappa shape index (κ2) is 10.5. The molecule has 0 saturated carbocycles. The maximum absolute atomic E-state index is 13.5. The van der Waals surface area contributed by atoms with Crippen LogP contribution in [-0.2, 0) is 11.3 Å². The summed E-state index contributed by atoms with van der Waals surface area (Å²) >= 11 is 0. The van der Waals surface area contributed by atoms with Gasteiger partial charge in [0.05, 0.1) is 11.3 Å². The first-order valence-electron chi connectivity index (χ1n) is 12.6. The lowest BCUT2D eigenvalue weighted by molar-refractivity contribution is -0.134. The normalized spacial score (nSPS) is 17.3. The summed E-state index contributed by atoms with van der Waals surface area (Å²) in [4.78, 5) is 38.5. The van der Waals surface area contributed by atoms with Gasteiger partial charge in [-0.2, -0.15) is 0 Å². The quantitative estimate of drug-likeness (QED) is 0.336. The lowest BCUT2D eigenvalue weighted by Gasteiger charge is -2.38. The van der Waals surface area contributed by atoms with Crippen LogP contribution in [-0.4, -0.2) is 38.3 Å². The summed E-state index contributed by atoms with van der Waals surface area (Å²) in [6, 6.07) is 14.2. The number of nitrogens with zero attached hydrogens (tertiary/aromatic N) is 1. The molecule has 0 saturated heterocycles. The van der Waals surface area contributed by atoms with E-state index >= 15 is 0 Å². The molecule has 10 nitrogen and oxygen atoms in total. The van der Waals surface area contributed by atoms with Crippen LogP contribution < -0.4 is 15.9 Å². The Balaban J connectivity index is 1.72. The number of ether oxygens (including phenoxy) is 1. The SMILES string of the molecule is CCCC1(C)NC(C(C)(C)O)=C(C(=O)Oc2oc(=O)oc2C)N1Cc1ccc(-c2ccccc2C(=O)O)cc1. The topological polar surface area (TPSA) is 142 Å². The van der Waals surface area contributed by atoms with Crippen LogP contribution in [0.1, 0.15) is 62.2 Å². The number of esters is 1. The Morgan fingerprint density at radius 3 is 2.33 bits per heavy atom. The fourth-order valence-electron chi connectivity index (χ4n) is 4.82. The molecule has 1 unspecified atom stereocenters. The maximum Gasteiger partial charge on any atom is 0.521 e. The van der Waals surface area contributed by atoms with Crippen LogP contribution in [0.2, 0.25) is 0 Å². The van der Waals surface area contributed by atoms with Gasteiger partial charge >= 0.3 is 23.7 Å². The minimum absolute atomic E-state index is 0.0183. The smallest absolute Gasteiger partial charge is 0.478 e. The molecule has 0 bridgehead atoms. The van der Waals surface area contributed by atoms with E-state index in [1.165, 1.54) is 6.92 Å². The number of carboxylic acid groups (broad SMARTS) is 1. The number of aryl methyl sites for hydroxylation is 1. The van der Waals surface area contributed by atoms with E-state index in [0.29, 0.717) is 12.0 Å². The number of carbonyl (C=O) groups is 2. The predicted octanol–water partition coefficient (Wildman–Crippen LogP) is 4.42. The van der Waals surface area contributed by atoms with E-state index in [2.05, 4.69) is 5.32 Å². The fourth-order valence-corrected chi connectivity index (χ4v) is 4.82. The largest absolute Gasteiger partial charge is 0.521 e. The van der Waals surface area contributed by atoms with E-state index in [9.17, 15) is 24.6 Å². The van der Waals surface area contributed by atoms with Gasteiger partial charge in [-0.3, -0.25) is 0 Å². The zero-order valence-corrected chi connectivity index (χ0v) is 22.5. The molecule has 39 heavy (non-hydrogen) atoms. The molecule has 2 aromatic carbocycles. The minimum atomic E-state index is -1.42. The van der Waals surface area contributed by atoms with Gasteiger partial charge < -0.3 is 34.0 Å². The van der Waals surface area contributed by atoms with Crippen LogP contribution in [0.25, 0.3) is 11.1 Å². The highest BCUT2D eigenvalue weighted by molar-refractivity contribution is 5.96. The van der Waals surface area contributed by atoms with Gasteiger partial charge in [0.1, 0.15) is 17.0 Å². The van der Waals surface area contributed by atoms with Gasteiger partial charge in [-0.05, 0) is 49.9 Å². The first kappa shape index (κ1) is 27.7. The number of carboxylic acids is 1. The standard InChI is InChI=1S/C29H32N2O8/c1-6-15-29(5)30-23(28(3,4)36)22(25(34)38-26-17(2)37-27(35)39-26)31(29)16-18-11-13-19(14-12-18)20-9-7-8-10-21(20)24(32)33/h7-14,30,36H,6,15-16H2,1-5H3,(H,32,33). The van der Waals surface area contributed by atoms with Crippen LogP contribution in [0, 0.1) is 6.92 Å². The van der Waals surface area contributed by atoms with Gasteiger partial charge in [0.25, 0.3) is 0 Å². The number of hydrogen-bond acceptors (Lipinski definition) is 9. The van der Waals surface area contributed by atoms with E-state index in [-0.39, 0.29) is 35.2 Å². The first-order chi connectivity index (χ1) is 18.3. The third-order valence-corrected chi connectivity index (χ3v) is 6.69. The van der Waals surface area contributed by atoms with Crippen molar-refractivity contribution in [3.05, 3.63) is 87.4 Å². The second-order valence-electron chi connectivity index (χ2n) is 10.3. The van der Waals surface area contributed by atoms with E-state index in [1.54, 1.807) is 38.1 Å². The van der Waals surface area contributed by atoms with Gasteiger partial charge in [0.2, 0.25) is 0 Å². The molecule has 0 fully saturated rings. The molecular weight excluding hydrogens is 504 g/mol. The third kappa shape index (κ3) is 5.61. The third-order valence-electron chi connectivity index (χ3n) is 6.69. The fraction of sp³-hybridized carbons (Fsp3) is 0.345. The molecular formula is C29H32N2O8. The van der Waals surface area contributed by atoms with Crippen molar-refractivity contribution in [2.24, 2.45) is 0 Å². The Bertz CT molecular complexity index is 1480. The minimum Gasteiger partial charge on any atom is -0.478 e. The number of aromatic carboxylic acids is 1. The van der Waals surface area contributed by atoms with Crippen molar-refractivity contribution in [2.75, 3.05) is 0 Å². The van der Waals surface area contributed by atoms with Gasteiger partial charge in [0, 0.05) is 13.5 Å². The zero-order valence-electron chi connectivity index (χ0n) is 22.5. The summed E-state index contributed by atoms with van der Waals surface area (Å²) in [7, 11) is 0. The molecule has 1 aliphatic rings. The van der Waals surface area contributed by atoms with E-state index in [4.69, 9.17) is 13.6 Å². The first-order valence-corrected chi connectivity index (χ1v) is 12.6. The number of aliphatic hydroxyl groups is 1. The number of benzene rings is 2. The highest BCUT2D eigenvalue weighted by atomic mass is 16.7. The molecule has 0 radical (unpaired) electrons. The van der Waals surface area contributed by atoms with Crippen LogP contribution in [0.3, 0.4) is 0 Å². The van der Waals surface area contributed by atoms with E-state index < -0.39 is 29.0 Å². The Morgan fingerprint density at radius 2 is 1.77 bits per heavy atom. The molecule has 0 spiro atoms. The van der Waals surface area contributed by atoms with Gasteiger partial charge in [0.15, 0.2) is 5.76 Å². The highest BCUT2D eigenvalue weighted by Gasteiger charge is 2.48. The molecule has 206 valence electrons. The van der Waals surface area contributed by atoms with Gasteiger partial charge in [-0.1, -0.05) is 55.8 Å². The molecule has 2 heterocycles. The van der Waals surface area contributed by atoms with Crippen LogP contribution in [0.4, 0.5) is 0 Å². The molecule has 4 rings (SSSR count). The molecule has 0 aliphatic carbocycles. The van der Waals surface area contributed by atoms with Crippen molar-refractivity contribution in [3.8, 4) is 17.1 Å². The molecule has 1 aliphatic heterocycles. The average Bonchev–Trinajstić information content (AvgIpc) is 3.34. The zero-order chi connectivity index (χ0) is 28.5. The molecule has 1 atom stereocenters. The monoisotopic (exact) mass is 536 g/mol. The van der Waals surface area contributed by atoms with E-state index in [1.807, 2.05) is 43.0 Å². The van der Waals surface area contributed by atoms with Crippen molar-refractivity contribution < 1.29 is 33.4 Å². The number of nitrogens with one attached hydrogen (secondary N) is 1. The maximum atomic E-state index is 13.5. The molecule has 3 aromatic rings. The Morgan fingerprint density at radius 1 is 1.10 bits per heavy atom. The summed E-state index contributed by atoms with van der Waals surface area (Å²) < 4.78 is 15.1. The second-order valence-corrected chi connectivity index (χ2v) is 10.3. The summed E-state index contributed by atoms with van der Waals surface area (Å²) in [6.07, 6.45) is 1.41. The summed E-state index contributed by atoms with van der Waals surface area (Å²) in [5.41, 5.74) is 0.582. The molecule has 1 aromatic heterocycles. The summed E-state index contributed by atoms with van der Waals surface area (Å²) in [5.74, 6) is -3.15. The number of hydrogen-bond donors (Lipinski definition) is 3. The van der Waals surface area contributed by atoms with Crippen LogP contribution in [0.15, 0.2) is 73.6 Å². The number of rotatable bonds is 9. The Hall–Kier alpha value is -4.31. The van der Waals surface area contributed by atoms with Crippen molar-refractivity contribution in [3.63, 3.8) is 0 Å². The lowest BCUT2D eigenvalue weighted by Crippen LogP contribution is -2.51. The Kier molecular flexibility index (Phi) is 7.43. The van der Waals surface area contributed by atoms with E-state index in [0.717, 1.165) is 17.5 Å². The van der Waals surface area contributed by atoms with Gasteiger partial charge in [-0.15, -0.1) is 0 Å². The highest BCUT2D eigenvalue weighted by Crippen LogP contribution is 2.38. The Labute approximate surface area is 225 Å². The lowest BCUT2D eigenvalue weighted by atomic mass is 9.98. The molecule has 10 heteroatoms. The van der Waals surface area contributed by atoms with Crippen LogP contribution in [0.5, 0.6) is 5.95 Å². The average molecular weight is 537 g/mol. The van der Waals surface area contributed by atoms with Crippen molar-refractivity contribution in [1.29, 1.82) is 0 Å². The van der Waals surface area contributed by atoms with Crippen LogP contribution >= 0.6 is 0 Å². The van der Waals surface area contributed by atoms with Crippen molar-refractivity contribution in [2.45, 2.75) is 65.3 Å². The van der Waals surface area contributed by atoms with Crippen molar-refractivity contribution >= 4 is 11.9 Å². The number of carbonyl (C=O) groups excluding carboxylic acids is 1. The van der Waals surface area contributed by atoms with Crippen molar-refractivity contribution in [1.82, 2.24) is 10.2 Å². The summed E-state index contributed by atoms with van der Waals surface area (Å²) in [6.45, 7) is 8.79. The van der Waals surface area contributed by atoms with Gasteiger partial charge in [-0.25, -0.2) is 14.4 Å². The molecule has 0 amide bonds.